The van der Waals surface area contributed by atoms with Crippen LogP contribution in [0, 0.1) is 23.7 Å². The number of hydrogen-bond donors (Lipinski definition) is 3. The fourth-order valence-electron chi connectivity index (χ4n) is 13.1. The second kappa shape index (κ2) is 15.0. The van der Waals surface area contributed by atoms with Crippen LogP contribution in [0.2, 0.25) is 0 Å². The van der Waals surface area contributed by atoms with Gasteiger partial charge < -0.3 is 19.6 Å². The SMILES string of the molecule is C=CC1C[NH+]2C(Cc3c4ccccc4c(C[N+]45CCC(C[C@H]4C(O)c4ccnc6ccccc46)C(C=C)C5)c4ccccc34)CC1C[C@@H]2C(O)c1ccnc2ccccc12. The molecule has 9 unspecified atom stereocenters. The highest BCUT2D eigenvalue weighted by atomic mass is 16.3. The van der Waals surface area contributed by atoms with E-state index in [0.717, 1.165) is 95.7 Å². The number of piperidine rings is 6. The topological polar surface area (TPSA) is 70.7 Å². The number of fused-ring (bicyclic) bond motifs is 10. The highest BCUT2D eigenvalue weighted by Crippen LogP contribution is 2.49. The van der Waals surface area contributed by atoms with Gasteiger partial charge in [0.05, 0.1) is 36.7 Å². The molecule has 5 aromatic carbocycles. The number of nitrogens with one attached hydrogen (secondary N) is 1. The highest BCUT2D eigenvalue weighted by molar-refractivity contribution is 6.05. The molecule has 6 nitrogen and oxygen atoms in total. The lowest BCUT2D eigenvalue weighted by molar-refractivity contribution is -0.984. The standard InChI is InChI=1S/C54H55N4O2/c1-3-34-31-57-38(27-37(34)28-51(57)53(59)45-21-24-55-49-19-11-9-17-43(45)49)30-47-39-13-5-7-15-41(39)48(42-16-8-6-14-40(42)47)33-58-26-23-36(35(4-2)32-58)29-52(58)54(60)46-22-25-56-50-20-12-10-18-44(46)50/h3-22,24-25,34-38,51-54,59-60H,1-2,23,26-33H2/q+1/p+1/t34?,35?,36?,37?,38?,51-,52+,53?,54?,58?/m1/s1. The molecule has 7 aromatic rings. The van der Waals surface area contributed by atoms with E-state index in [1.807, 2.05) is 42.7 Å². The summed E-state index contributed by atoms with van der Waals surface area (Å²) in [5, 5.41) is 32.4. The first-order chi connectivity index (χ1) is 29.4. The van der Waals surface area contributed by atoms with E-state index in [9.17, 15) is 10.2 Å². The van der Waals surface area contributed by atoms with Crippen LogP contribution in [0.4, 0.5) is 0 Å². The number of aliphatic hydroxyl groups is 2. The van der Waals surface area contributed by atoms with E-state index in [-0.39, 0.29) is 12.1 Å². The summed E-state index contributed by atoms with van der Waals surface area (Å²) >= 11 is 0. The molecule has 11 atom stereocenters. The van der Waals surface area contributed by atoms with Crippen molar-refractivity contribution in [2.45, 2.75) is 69.0 Å². The predicted octanol–water partition coefficient (Wildman–Crippen LogP) is 8.86. The lowest BCUT2D eigenvalue weighted by Crippen LogP contribution is -3.23. The zero-order valence-electron chi connectivity index (χ0n) is 34.4. The average Bonchev–Trinajstić information content (AvgIpc) is 3.31. The van der Waals surface area contributed by atoms with Crippen LogP contribution in [0.25, 0.3) is 43.4 Å². The van der Waals surface area contributed by atoms with Crippen LogP contribution >= 0.6 is 0 Å². The van der Waals surface area contributed by atoms with Crippen molar-refractivity contribution in [3.05, 3.63) is 169 Å². The Labute approximate surface area is 353 Å². The van der Waals surface area contributed by atoms with Crippen molar-refractivity contribution in [1.82, 2.24) is 9.97 Å². The summed E-state index contributed by atoms with van der Waals surface area (Å²) in [6.45, 7) is 12.5. The lowest BCUT2D eigenvalue weighted by Gasteiger charge is -2.58. The van der Waals surface area contributed by atoms with Gasteiger partial charge in [-0.3, -0.25) is 9.97 Å². The average molecular weight is 793 g/mol. The maximum Gasteiger partial charge on any atom is 0.131 e. The van der Waals surface area contributed by atoms with Crippen LogP contribution in [-0.2, 0) is 13.0 Å². The number of para-hydroxylation sites is 2. The number of aliphatic hydroxyl groups excluding tert-OH is 2. The Morgan fingerprint density at radius 1 is 0.633 bits per heavy atom. The monoisotopic (exact) mass is 792 g/mol. The van der Waals surface area contributed by atoms with Gasteiger partial charge in [0, 0.05) is 72.7 Å². The van der Waals surface area contributed by atoms with Crippen molar-refractivity contribution in [3.8, 4) is 0 Å². The Morgan fingerprint density at radius 3 is 1.77 bits per heavy atom. The third-order valence-corrected chi connectivity index (χ3v) is 16.0. The number of benzene rings is 5. The van der Waals surface area contributed by atoms with E-state index in [4.69, 9.17) is 0 Å². The molecule has 0 spiro atoms. The smallest absolute Gasteiger partial charge is 0.131 e. The zero-order chi connectivity index (χ0) is 40.5. The Bertz CT molecular complexity index is 2720. The van der Waals surface area contributed by atoms with Gasteiger partial charge >= 0.3 is 0 Å². The molecule has 6 fully saturated rings. The molecule has 0 amide bonds. The molecule has 0 aliphatic carbocycles. The largest absolute Gasteiger partial charge is 0.382 e. The minimum absolute atomic E-state index is 0.0656. The van der Waals surface area contributed by atoms with Crippen LogP contribution in [-0.4, -0.2) is 62.4 Å². The summed E-state index contributed by atoms with van der Waals surface area (Å²) in [6.07, 6.45) is 12.1. The van der Waals surface area contributed by atoms with Crippen LogP contribution in [0.3, 0.4) is 0 Å². The number of hydrogen-bond acceptors (Lipinski definition) is 4. The van der Waals surface area contributed by atoms with Crippen molar-refractivity contribution in [2.24, 2.45) is 23.7 Å². The fraction of sp³-hybridized carbons (Fsp3) is 0.333. The fourth-order valence-corrected chi connectivity index (χ4v) is 13.1. The number of aromatic nitrogens is 2. The molecule has 6 aliphatic heterocycles. The van der Waals surface area contributed by atoms with Crippen LogP contribution in [0.1, 0.15) is 60.1 Å². The highest BCUT2D eigenvalue weighted by Gasteiger charge is 2.55. The molecule has 2 aromatic heterocycles. The van der Waals surface area contributed by atoms with E-state index >= 15 is 0 Å². The first-order valence-corrected chi connectivity index (χ1v) is 22.4. The van der Waals surface area contributed by atoms with E-state index in [1.165, 1.54) is 37.6 Å². The summed E-state index contributed by atoms with van der Waals surface area (Å²) in [5.74, 6) is 1.92. The molecule has 8 heterocycles. The maximum absolute atomic E-state index is 12.6. The molecule has 4 bridgehead atoms. The van der Waals surface area contributed by atoms with Gasteiger partial charge in [-0.1, -0.05) is 97.1 Å². The minimum Gasteiger partial charge on any atom is -0.382 e. The van der Waals surface area contributed by atoms with Crippen molar-refractivity contribution in [1.29, 1.82) is 0 Å². The van der Waals surface area contributed by atoms with Gasteiger partial charge in [0.2, 0.25) is 0 Å². The normalized spacial score (nSPS) is 29.6. The Kier molecular flexibility index (Phi) is 9.46. The van der Waals surface area contributed by atoms with E-state index in [1.54, 1.807) is 0 Å². The third-order valence-electron chi connectivity index (χ3n) is 16.0. The van der Waals surface area contributed by atoms with E-state index in [0.29, 0.717) is 29.7 Å². The van der Waals surface area contributed by atoms with Gasteiger partial charge in [-0.15, -0.1) is 13.2 Å². The van der Waals surface area contributed by atoms with Crippen LogP contribution < -0.4 is 4.90 Å². The van der Waals surface area contributed by atoms with Crippen molar-refractivity contribution >= 4 is 43.4 Å². The Balaban J connectivity index is 0.991. The number of pyridine rings is 2. The van der Waals surface area contributed by atoms with Gasteiger partial charge in [-0.25, -0.2) is 0 Å². The van der Waals surface area contributed by atoms with Gasteiger partial charge in [0.1, 0.15) is 30.8 Å². The first-order valence-electron chi connectivity index (χ1n) is 22.4. The quantitative estimate of drug-likeness (QED) is 0.0736. The third kappa shape index (κ3) is 6.06. The van der Waals surface area contributed by atoms with Crippen molar-refractivity contribution in [2.75, 3.05) is 19.6 Å². The molecular formula is C54H56N4O2+2. The van der Waals surface area contributed by atoms with E-state index < -0.39 is 12.2 Å². The maximum atomic E-state index is 12.6. The van der Waals surface area contributed by atoms with Crippen molar-refractivity contribution in [3.63, 3.8) is 0 Å². The zero-order valence-corrected chi connectivity index (χ0v) is 34.4. The van der Waals surface area contributed by atoms with E-state index in [2.05, 4.69) is 114 Å². The molecule has 302 valence electrons. The lowest BCUT2D eigenvalue weighted by atomic mass is 9.69. The molecule has 6 heteroatoms. The van der Waals surface area contributed by atoms with Gasteiger partial charge in [-0.2, -0.15) is 0 Å². The number of quaternary nitrogens is 2. The van der Waals surface area contributed by atoms with Crippen LogP contribution in [0.5, 0.6) is 0 Å². The summed E-state index contributed by atoms with van der Waals surface area (Å²) in [4.78, 5) is 10.8. The Hall–Kier alpha value is -5.24. The summed E-state index contributed by atoms with van der Waals surface area (Å²) < 4.78 is 0.854. The first kappa shape index (κ1) is 37.7. The molecular weight excluding hydrogens is 737 g/mol. The number of rotatable bonds is 10. The Morgan fingerprint density at radius 2 is 1.18 bits per heavy atom. The molecule has 0 radical (unpaired) electrons. The van der Waals surface area contributed by atoms with Crippen LogP contribution in [0.15, 0.2) is 147 Å². The molecule has 6 saturated heterocycles. The molecule has 3 N–H and O–H groups in total. The van der Waals surface area contributed by atoms with Gasteiger partial charge in [0.15, 0.2) is 0 Å². The van der Waals surface area contributed by atoms with Crippen molar-refractivity contribution < 1.29 is 19.6 Å². The second-order valence-corrected chi connectivity index (χ2v) is 18.7. The summed E-state index contributed by atoms with van der Waals surface area (Å²) in [7, 11) is 0. The minimum atomic E-state index is -0.602. The van der Waals surface area contributed by atoms with Gasteiger partial charge in [-0.05, 0) is 74.3 Å². The summed E-state index contributed by atoms with van der Waals surface area (Å²) in [6, 6.07) is 39.4. The van der Waals surface area contributed by atoms with Gasteiger partial charge in [0.25, 0.3) is 0 Å². The summed E-state index contributed by atoms with van der Waals surface area (Å²) in [5.41, 5.74) is 6.68. The number of nitrogens with zero attached hydrogens (tertiary/aromatic N) is 3. The molecule has 0 saturated carbocycles. The molecule has 60 heavy (non-hydrogen) atoms. The predicted molar refractivity (Wildman–Crippen MR) is 242 cm³/mol. The second-order valence-electron chi connectivity index (χ2n) is 18.7. The molecule has 6 aliphatic rings. The molecule has 13 rings (SSSR count).